The molecule has 63 heavy (non-hydrogen) atoms. The molecule has 0 radical (unpaired) electrons. The molecule has 0 saturated heterocycles. The minimum absolute atomic E-state index is 0.0636. The van der Waals surface area contributed by atoms with Crippen LogP contribution in [0.25, 0.3) is 10.9 Å². The Hall–Kier alpha value is -7.45. The van der Waals surface area contributed by atoms with Crippen molar-refractivity contribution in [3.05, 3.63) is 131 Å². The summed E-state index contributed by atoms with van der Waals surface area (Å²) in [7, 11) is -2.66. The van der Waals surface area contributed by atoms with Crippen molar-refractivity contribution in [1.82, 2.24) is 10.3 Å². The molecule has 1 atom stereocenters. The number of hydrogen-bond donors (Lipinski definition) is 7. The number of nitrogens with zero attached hydrogens (tertiary/aromatic N) is 1. The topological polar surface area (TPSA) is 231 Å². The molecule has 1 aromatic heterocycles. The molecular weight excluding hydrogens is 825 g/mol. The fourth-order valence-electron chi connectivity index (χ4n) is 7.04. The standard InChI is InChI=1S/C47H44N6O9S/c1-27-19-29(9-5-4-6-18-49-25-40(55)35-15-17-39(54)44-45(35)62-26-41(56)53-44)14-16-38(27)52-47(58)30-10-7-13-33(21-30)63(59,60)34-20-28(2)42-36(23-34)43(37(24-50-42)46(48)57)51-31-11-8-12-32(22-31)61-3/h7-8,10-17,19-24,40,49,54-55H,4,6,18,25-26H2,1-3H3,(H2,48,57)(H,50,51)(H,52,58)(H,53,56)/t40-/m0/s1. The van der Waals surface area contributed by atoms with E-state index in [1.165, 1.54) is 55.8 Å². The number of fused-ring (bicyclic) bond motifs is 2. The maximum atomic E-state index is 14.2. The molecule has 2 heterocycles. The van der Waals surface area contributed by atoms with Crippen molar-refractivity contribution in [2.75, 3.05) is 42.8 Å². The Morgan fingerprint density at radius 2 is 1.81 bits per heavy atom. The van der Waals surface area contributed by atoms with E-state index in [0.717, 1.165) is 11.1 Å². The Morgan fingerprint density at radius 1 is 1.00 bits per heavy atom. The summed E-state index contributed by atoms with van der Waals surface area (Å²) in [5.41, 5.74) is 10.4. The van der Waals surface area contributed by atoms with Crippen molar-refractivity contribution in [3.8, 4) is 29.1 Å². The number of methoxy groups -OCH3 is 1. The summed E-state index contributed by atoms with van der Waals surface area (Å²) in [6.45, 7) is 4.16. The number of rotatable bonds is 14. The van der Waals surface area contributed by atoms with Crippen molar-refractivity contribution in [3.63, 3.8) is 0 Å². The lowest BCUT2D eigenvalue weighted by Gasteiger charge is -2.23. The van der Waals surface area contributed by atoms with Gasteiger partial charge in [0.25, 0.3) is 17.7 Å². The van der Waals surface area contributed by atoms with Gasteiger partial charge in [-0.2, -0.15) is 0 Å². The molecule has 15 nitrogen and oxygen atoms in total. The quantitative estimate of drug-likeness (QED) is 0.0365. The van der Waals surface area contributed by atoms with Crippen LogP contribution in [-0.2, 0) is 14.6 Å². The zero-order chi connectivity index (χ0) is 44.8. The Bertz CT molecular complexity index is 2960. The monoisotopic (exact) mass is 868 g/mol. The number of sulfone groups is 1. The number of phenolic OH excluding ortho intramolecular Hbond substituents is 1. The van der Waals surface area contributed by atoms with Crippen molar-refractivity contribution in [1.29, 1.82) is 0 Å². The largest absolute Gasteiger partial charge is 0.506 e. The van der Waals surface area contributed by atoms with Crippen molar-refractivity contribution in [2.24, 2.45) is 5.73 Å². The highest BCUT2D eigenvalue weighted by Crippen LogP contribution is 2.41. The number of pyridine rings is 1. The highest BCUT2D eigenvalue weighted by Gasteiger charge is 2.26. The molecule has 0 aliphatic carbocycles. The van der Waals surface area contributed by atoms with Crippen molar-refractivity contribution in [2.45, 2.75) is 42.6 Å². The van der Waals surface area contributed by atoms with Gasteiger partial charge < -0.3 is 46.7 Å². The molecule has 5 aromatic carbocycles. The van der Waals surface area contributed by atoms with E-state index in [1.807, 2.05) is 13.0 Å². The summed E-state index contributed by atoms with van der Waals surface area (Å²) in [6, 6.07) is 24.0. The summed E-state index contributed by atoms with van der Waals surface area (Å²) in [5.74, 6) is 5.30. The summed E-state index contributed by atoms with van der Waals surface area (Å²) in [5, 5.41) is 33.0. The second-order valence-electron chi connectivity index (χ2n) is 14.8. The summed E-state index contributed by atoms with van der Waals surface area (Å²) >= 11 is 0. The number of ether oxygens (including phenoxy) is 2. The number of aliphatic hydroxyl groups is 1. The van der Waals surface area contributed by atoms with E-state index in [4.69, 9.17) is 15.2 Å². The van der Waals surface area contributed by atoms with Gasteiger partial charge in [-0.3, -0.25) is 19.4 Å². The number of anilines is 4. The van der Waals surface area contributed by atoms with Gasteiger partial charge in [-0.25, -0.2) is 8.42 Å². The lowest BCUT2D eigenvalue weighted by molar-refractivity contribution is -0.118. The van der Waals surface area contributed by atoms with Crippen LogP contribution in [0.15, 0.2) is 107 Å². The van der Waals surface area contributed by atoms with Gasteiger partial charge in [0.15, 0.2) is 12.4 Å². The number of aryl methyl sites for hydroxylation is 2. The predicted molar refractivity (Wildman–Crippen MR) is 238 cm³/mol. The van der Waals surface area contributed by atoms with E-state index in [9.17, 15) is 33.0 Å². The van der Waals surface area contributed by atoms with Gasteiger partial charge in [-0.15, -0.1) is 0 Å². The molecule has 0 saturated carbocycles. The zero-order valence-corrected chi connectivity index (χ0v) is 35.4. The smallest absolute Gasteiger partial charge is 0.262 e. The van der Waals surface area contributed by atoms with Crippen molar-refractivity contribution >= 4 is 61.2 Å². The molecule has 1 aliphatic rings. The number of aromatic nitrogens is 1. The third kappa shape index (κ3) is 9.71. The number of hydrogen-bond acceptors (Lipinski definition) is 12. The SMILES string of the molecule is COc1cccc(Nc2c(C(N)=O)cnc3c(C)cc(S(=O)(=O)c4cccc(C(=O)Nc5ccc(C#CCCCNC[C@H](O)c6ccc(O)c7c6OCC(=O)N7)cc5C)c4)cc23)c1. The highest BCUT2D eigenvalue weighted by molar-refractivity contribution is 7.91. The third-order valence-electron chi connectivity index (χ3n) is 10.3. The summed E-state index contributed by atoms with van der Waals surface area (Å²) in [6.07, 6.45) is 1.71. The van der Waals surface area contributed by atoms with Gasteiger partial charge in [0.2, 0.25) is 9.84 Å². The number of unbranched alkanes of at least 4 members (excludes halogenated alkanes) is 1. The van der Waals surface area contributed by atoms with Gasteiger partial charge in [0, 0.05) is 58.7 Å². The average Bonchev–Trinajstić information content (AvgIpc) is 3.27. The molecule has 8 N–H and O–H groups in total. The highest BCUT2D eigenvalue weighted by atomic mass is 32.2. The predicted octanol–water partition coefficient (Wildman–Crippen LogP) is 6.28. The fraction of sp³-hybridized carbons (Fsp3) is 0.191. The van der Waals surface area contributed by atoms with Gasteiger partial charge >= 0.3 is 0 Å². The van der Waals surface area contributed by atoms with Crippen LogP contribution in [0.4, 0.5) is 22.7 Å². The van der Waals surface area contributed by atoms with Crippen LogP contribution in [0, 0.1) is 25.7 Å². The zero-order valence-electron chi connectivity index (χ0n) is 34.5. The van der Waals surface area contributed by atoms with Gasteiger partial charge in [0.05, 0.1) is 39.8 Å². The van der Waals surface area contributed by atoms with Crippen LogP contribution in [0.2, 0.25) is 0 Å². The van der Waals surface area contributed by atoms with Crippen LogP contribution >= 0.6 is 0 Å². The number of aromatic hydroxyl groups is 1. The lowest BCUT2D eigenvalue weighted by atomic mass is 10.0. The Morgan fingerprint density at radius 3 is 2.59 bits per heavy atom. The minimum Gasteiger partial charge on any atom is -0.506 e. The Balaban J connectivity index is 0.989. The fourth-order valence-corrected chi connectivity index (χ4v) is 8.46. The number of nitrogens with two attached hydrogens (primary N) is 1. The van der Waals surface area contributed by atoms with Crippen LogP contribution in [-0.4, -0.2) is 68.1 Å². The number of phenols is 1. The first-order chi connectivity index (χ1) is 30.2. The van der Waals surface area contributed by atoms with E-state index >= 15 is 0 Å². The number of carbonyl (C=O) groups is 3. The molecular formula is C47H44N6O9S. The molecule has 0 unspecified atom stereocenters. The van der Waals surface area contributed by atoms with E-state index in [0.29, 0.717) is 58.5 Å². The van der Waals surface area contributed by atoms with E-state index in [-0.39, 0.29) is 62.9 Å². The van der Waals surface area contributed by atoms with Gasteiger partial charge in [-0.1, -0.05) is 24.0 Å². The second kappa shape index (κ2) is 18.7. The molecule has 7 rings (SSSR count). The maximum absolute atomic E-state index is 14.2. The first-order valence-corrected chi connectivity index (χ1v) is 21.3. The minimum atomic E-state index is -4.19. The van der Waals surface area contributed by atoms with Gasteiger partial charge in [0.1, 0.15) is 17.2 Å². The molecule has 0 fully saturated rings. The molecule has 3 amide bonds. The normalized spacial score (nSPS) is 12.5. The molecule has 0 spiro atoms. The lowest BCUT2D eigenvalue weighted by Crippen LogP contribution is -2.28. The molecule has 1 aliphatic heterocycles. The second-order valence-corrected chi connectivity index (χ2v) is 16.7. The average molecular weight is 869 g/mol. The molecule has 322 valence electrons. The van der Waals surface area contributed by atoms with Crippen molar-refractivity contribution < 1.29 is 42.5 Å². The Kier molecular flexibility index (Phi) is 12.9. The first kappa shape index (κ1) is 43.6. The number of benzene rings is 5. The summed E-state index contributed by atoms with van der Waals surface area (Å²) < 4.78 is 39.2. The van der Waals surface area contributed by atoms with E-state index in [1.54, 1.807) is 49.4 Å². The molecule has 0 bridgehead atoms. The van der Waals surface area contributed by atoms with E-state index in [2.05, 4.69) is 38.1 Å². The number of nitrogens with one attached hydrogen (secondary N) is 4. The first-order valence-electron chi connectivity index (χ1n) is 19.8. The molecule has 16 heteroatoms. The van der Waals surface area contributed by atoms with E-state index < -0.39 is 27.8 Å². The van der Waals surface area contributed by atoms with Crippen LogP contribution in [0.3, 0.4) is 0 Å². The molecule has 6 aromatic rings. The summed E-state index contributed by atoms with van der Waals surface area (Å²) in [4.78, 5) is 42.0. The number of primary amides is 1. The number of amides is 3. The third-order valence-corrected chi connectivity index (χ3v) is 12.0. The van der Waals surface area contributed by atoms with Crippen LogP contribution < -0.4 is 36.5 Å². The van der Waals surface area contributed by atoms with Crippen LogP contribution in [0.1, 0.15) is 61.9 Å². The maximum Gasteiger partial charge on any atom is 0.262 e. The van der Waals surface area contributed by atoms with Gasteiger partial charge in [-0.05, 0) is 111 Å². The number of aliphatic hydroxyl groups excluding tert-OH is 1. The Labute approximate surface area is 363 Å². The van der Waals surface area contributed by atoms with Crippen LogP contribution in [0.5, 0.6) is 17.2 Å². The number of carbonyl (C=O) groups excluding carboxylic acids is 3.